The summed E-state index contributed by atoms with van der Waals surface area (Å²) in [5.41, 5.74) is 2.13. The first-order valence-corrected chi connectivity index (χ1v) is 6.72. The van der Waals surface area contributed by atoms with Crippen LogP contribution in [0.15, 0.2) is 42.5 Å². The van der Waals surface area contributed by atoms with Gasteiger partial charge in [-0.25, -0.2) is 0 Å². The Morgan fingerprint density at radius 2 is 1.81 bits per heavy atom. The van der Waals surface area contributed by atoms with Crippen molar-refractivity contribution < 1.29 is 14.2 Å². The molecule has 0 amide bonds. The fraction of sp³-hybridized carbons (Fsp3) is 0.235. The van der Waals surface area contributed by atoms with Gasteiger partial charge in [-0.2, -0.15) is 5.26 Å². The zero-order valence-corrected chi connectivity index (χ0v) is 11.7. The average Bonchev–Trinajstić information content (AvgIpc) is 3.00. The molecule has 1 unspecified atom stereocenters. The summed E-state index contributed by atoms with van der Waals surface area (Å²) in [7, 11) is 1.64. The van der Waals surface area contributed by atoms with Gasteiger partial charge in [0.25, 0.3) is 0 Å². The number of ether oxygens (including phenoxy) is 3. The van der Waals surface area contributed by atoms with Gasteiger partial charge in [0, 0.05) is 12.3 Å². The van der Waals surface area contributed by atoms with E-state index in [1.807, 2.05) is 42.5 Å². The smallest absolute Gasteiger partial charge is 0.231 e. The van der Waals surface area contributed by atoms with Gasteiger partial charge in [0.1, 0.15) is 5.75 Å². The molecular formula is C17H15NO3. The summed E-state index contributed by atoms with van der Waals surface area (Å²) in [6.07, 6.45) is 0.409. The number of nitrogens with zero attached hydrogens (tertiary/aromatic N) is 1. The molecular weight excluding hydrogens is 266 g/mol. The Balaban J connectivity index is 1.95. The predicted octanol–water partition coefficient (Wildman–Crippen LogP) is 3.47. The Labute approximate surface area is 123 Å². The number of methoxy groups -OCH3 is 1. The second-order valence-electron chi connectivity index (χ2n) is 4.80. The van der Waals surface area contributed by atoms with Crippen LogP contribution in [-0.4, -0.2) is 13.9 Å². The number of benzene rings is 2. The highest BCUT2D eigenvalue weighted by Gasteiger charge is 2.19. The van der Waals surface area contributed by atoms with Crippen molar-refractivity contribution in [1.82, 2.24) is 0 Å². The summed E-state index contributed by atoms with van der Waals surface area (Å²) < 4.78 is 15.9. The van der Waals surface area contributed by atoms with Crippen LogP contribution in [0.3, 0.4) is 0 Å². The van der Waals surface area contributed by atoms with Crippen LogP contribution in [0, 0.1) is 11.3 Å². The molecule has 1 aliphatic heterocycles. The van der Waals surface area contributed by atoms with Crippen LogP contribution in [0.4, 0.5) is 0 Å². The molecule has 1 atom stereocenters. The minimum atomic E-state index is 0.00964. The molecule has 2 aromatic rings. The highest BCUT2D eigenvalue weighted by molar-refractivity contribution is 5.48. The number of hydrogen-bond acceptors (Lipinski definition) is 4. The number of nitriles is 1. The third kappa shape index (κ3) is 2.63. The zero-order chi connectivity index (χ0) is 14.7. The van der Waals surface area contributed by atoms with Gasteiger partial charge in [-0.1, -0.05) is 18.2 Å². The van der Waals surface area contributed by atoms with Crippen molar-refractivity contribution in [3.05, 3.63) is 53.6 Å². The predicted molar refractivity (Wildman–Crippen MR) is 77.6 cm³/mol. The second kappa shape index (κ2) is 5.76. The van der Waals surface area contributed by atoms with E-state index in [4.69, 9.17) is 19.5 Å². The van der Waals surface area contributed by atoms with E-state index in [0.29, 0.717) is 6.42 Å². The maximum absolute atomic E-state index is 9.12. The topological polar surface area (TPSA) is 51.5 Å². The summed E-state index contributed by atoms with van der Waals surface area (Å²) in [5.74, 6) is 2.31. The van der Waals surface area contributed by atoms with Gasteiger partial charge in [-0.15, -0.1) is 0 Å². The molecule has 0 fully saturated rings. The van der Waals surface area contributed by atoms with Crippen LogP contribution < -0.4 is 14.2 Å². The summed E-state index contributed by atoms with van der Waals surface area (Å²) >= 11 is 0. The van der Waals surface area contributed by atoms with Crippen molar-refractivity contribution in [2.24, 2.45) is 0 Å². The molecule has 0 saturated carbocycles. The summed E-state index contributed by atoms with van der Waals surface area (Å²) in [5, 5.41) is 9.12. The van der Waals surface area contributed by atoms with Crippen molar-refractivity contribution in [2.45, 2.75) is 12.3 Å². The second-order valence-corrected chi connectivity index (χ2v) is 4.80. The molecule has 4 heteroatoms. The molecule has 2 aromatic carbocycles. The van der Waals surface area contributed by atoms with Crippen LogP contribution in [-0.2, 0) is 0 Å². The van der Waals surface area contributed by atoms with Crippen molar-refractivity contribution in [3.63, 3.8) is 0 Å². The van der Waals surface area contributed by atoms with Gasteiger partial charge in [-0.05, 0) is 35.4 Å². The van der Waals surface area contributed by atoms with Crippen LogP contribution in [0.25, 0.3) is 0 Å². The van der Waals surface area contributed by atoms with E-state index >= 15 is 0 Å². The van der Waals surface area contributed by atoms with Crippen LogP contribution in [0.2, 0.25) is 0 Å². The number of rotatable bonds is 4. The lowest BCUT2D eigenvalue weighted by molar-refractivity contribution is 0.174. The summed E-state index contributed by atoms with van der Waals surface area (Å²) in [4.78, 5) is 0. The molecule has 106 valence electrons. The first-order valence-electron chi connectivity index (χ1n) is 6.72. The third-order valence-electron chi connectivity index (χ3n) is 3.61. The SMILES string of the molecule is COc1ccc(C(CC#N)c2ccc3c(c2)OCO3)cc1. The first-order chi connectivity index (χ1) is 10.3. The summed E-state index contributed by atoms with van der Waals surface area (Å²) in [6, 6.07) is 15.9. The quantitative estimate of drug-likeness (QED) is 0.861. The molecule has 1 heterocycles. The zero-order valence-electron chi connectivity index (χ0n) is 11.7. The van der Waals surface area contributed by atoms with Crippen LogP contribution in [0.5, 0.6) is 17.2 Å². The van der Waals surface area contributed by atoms with E-state index < -0.39 is 0 Å². The minimum absolute atomic E-state index is 0.00964. The molecule has 0 spiro atoms. The average molecular weight is 281 g/mol. The molecule has 3 rings (SSSR count). The normalized spacial score (nSPS) is 13.5. The highest BCUT2D eigenvalue weighted by atomic mass is 16.7. The molecule has 0 aromatic heterocycles. The molecule has 0 bridgehead atoms. The van der Waals surface area contributed by atoms with E-state index in [0.717, 1.165) is 28.4 Å². The van der Waals surface area contributed by atoms with Gasteiger partial charge < -0.3 is 14.2 Å². The van der Waals surface area contributed by atoms with E-state index in [-0.39, 0.29) is 12.7 Å². The molecule has 1 aliphatic rings. The molecule has 21 heavy (non-hydrogen) atoms. The standard InChI is InChI=1S/C17H15NO3/c1-19-14-5-2-12(3-6-14)15(8-9-18)13-4-7-16-17(10-13)21-11-20-16/h2-7,10,15H,8,11H2,1H3. The van der Waals surface area contributed by atoms with E-state index in [1.54, 1.807) is 7.11 Å². The fourth-order valence-corrected chi connectivity index (χ4v) is 2.49. The largest absolute Gasteiger partial charge is 0.497 e. The Morgan fingerprint density at radius 1 is 1.10 bits per heavy atom. The maximum Gasteiger partial charge on any atom is 0.231 e. The Hall–Kier alpha value is -2.67. The van der Waals surface area contributed by atoms with Gasteiger partial charge in [0.15, 0.2) is 11.5 Å². The van der Waals surface area contributed by atoms with Crippen molar-refractivity contribution in [1.29, 1.82) is 5.26 Å². The molecule has 0 aliphatic carbocycles. The van der Waals surface area contributed by atoms with Crippen molar-refractivity contribution >= 4 is 0 Å². The Morgan fingerprint density at radius 3 is 2.52 bits per heavy atom. The van der Waals surface area contributed by atoms with Gasteiger partial charge in [-0.3, -0.25) is 0 Å². The molecule has 0 N–H and O–H groups in total. The lowest BCUT2D eigenvalue weighted by Gasteiger charge is -2.15. The third-order valence-corrected chi connectivity index (χ3v) is 3.61. The first kappa shape index (κ1) is 13.3. The number of hydrogen-bond donors (Lipinski definition) is 0. The minimum Gasteiger partial charge on any atom is -0.497 e. The van der Waals surface area contributed by atoms with Gasteiger partial charge >= 0.3 is 0 Å². The molecule has 0 saturated heterocycles. The highest BCUT2D eigenvalue weighted by Crippen LogP contribution is 2.37. The van der Waals surface area contributed by atoms with Crippen LogP contribution in [0.1, 0.15) is 23.5 Å². The van der Waals surface area contributed by atoms with E-state index in [1.165, 1.54) is 0 Å². The van der Waals surface area contributed by atoms with E-state index in [2.05, 4.69) is 6.07 Å². The van der Waals surface area contributed by atoms with E-state index in [9.17, 15) is 0 Å². The van der Waals surface area contributed by atoms with Gasteiger partial charge in [0.2, 0.25) is 6.79 Å². The fourth-order valence-electron chi connectivity index (χ4n) is 2.49. The van der Waals surface area contributed by atoms with Crippen molar-refractivity contribution in [2.75, 3.05) is 13.9 Å². The lowest BCUT2D eigenvalue weighted by Crippen LogP contribution is -2.00. The maximum atomic E-state index is 9.12. The van der Waals surface area contributed by atoms with Crippen LogP contribution >= 0.6 is 0 Å². The molecule has 0 radical (unpaired) electrons. The Kier molecular flexibility index (Phi) is 3.65. The van der Waals surface area contributed by atoms with Gasteiger partial charge in [0.05, 0.1) is 13.2 Å². The Bertz CT molecular complexity index is 673. The van der Waals surface area contributed by atoms with Crippen molar-refractivity contribution in [3.8, 4) is 23.3 Å². The molecule has 4 nitrogen and oxygen atoms in total. The number of fused-ring (bicyclic) bond motifs is 1. The lowest BCUT2D eigenvalue weighted by atomic mass is 9.89. The monoisotopic (exact) mass is 281 g/mol. The summed E-state index contributed by atoms with van der Waals surface area (Å²) in [6.45, 7) is 0.254.